The molecule has 0 saturated carbocycles. The Bertz CT molecular complexity index is 858. The molecule has 0 unspecified atom stereocenters. The Morgan fingerprint density at radius 1 is 1.23 bits per heavy atom. The number of aromatic nitrogens is 1. The molecule has 26 heavy (non-hydrogen) atoms. The summed E-state index contributed by atoms with van der Waals surface area (Å²) in [6, 6.07) is 12.8. The van der Waals surface area contributed by atoms with Gasteiger partial charge in [-0.3, -0.25) is 4.79 Å². The van der Waals surface area contributed by atoms with E-state index in [2.05, 4.69) is 24.1 Å². The maximum absolute atomic E-state index is 13.2. The van der Waals surface area contributed by atoms with Gasteiger partial charge in [-0.25, -0.2) is 9.37 Å². The first-order chi connectivity index (χ1) is 12.5. The van der Waals surface area contributed by atoms with Gasteiger partial charge in [-0.05, 0) is 36.6 Å². The van der Waals surface area contributed by atoms with Crippen LogP contribution in [0.3, 0.4) is 0 Å². The van der Waals surface area contributed by atoms with Gasteiger partial charge >= 0.3 is 0 Å². The summed E-state index contributed by atoms with van der Waals surface area (Å²) in [5.74, 6) is 0.384. The molecule has 0 aliphatic rings. The summed E-state index contributed by atoms with van der Waals surface area (Å²) >= 11 is 0. The molecule has 1 heterocycles. The third-order valence-electron chi connectivity index (χ3n) is 3.82. The van der Waals surface area contributed by atoms with E-state index in [1.54, 1.807) is 6.07 Å². The number of nitrogens with one attached hydrogen (secondary N) is 1. The molecule has 0 spiro atoms. The third-order valence-corrected chi connectivity index (χ3v) is 3.82. The van der Waals surface area contributed by atoms with Crippen LogP contribution in [0.1, 0.15) is 32.2 Å². The predicted molar refractivity (Wildman–Crippen MR) is 96.2 cm³/mol. The van der Waals surface area contributed by atoms with Crippen LogP contribution in [0.5, 0.6) is 5.75 Å². The van der Waals surface area contributed by atoms with Crippen LogP contribution in [0, 0.1) is 11.7 Å². The van der Waals surface area contributed by atoms with Gasteiger partial charge in [-0.15, -0.1) is 0 Å². The fourth-order valence-corrected chi connectivity index (χ4v) is 2.67. The first-order valence-electron chi connectivity index (χ1n) is 8.54. The molecule has 0 saturated heterocycles. The highest BCUT2D eigenvalue weighted by Crippen LogP contribution is 2.24. The largest absolute Gasteiger partial charge is 0.484 e. The summed E-state index contributed by atoms with van der Waals surface area (Å²) in [6.45, 7) is 3.91. The minimum atomic E-state index is -0.410. The Morgan fingerprint density at radius 2 is 2.04 bits per heavy atom. The van der Waals surface area contributed by atoms with Gasteiger partial charge in [0.15, 0.2) is 12.2 Å². The molecule has 1 N–H and O–H groups in total. The Labute approximate surface area is 151 Å². The second-order valence-corrected chi connectivity index (χ2v) is 6.52. The second kappa shape index (κ2) is 7.99. The zero-order valence-electron chi connectivity index (χ0n) is 14.7. The molecule has 1 aromatic heterocycles. The van der Waals surface area contributed by atoms with Crippen molar-refractivity contribution in [3.8, 4) is 5.75 Å². The normalized spacial score (nSPS) is 12.3. The maximum Gasteiger partial charge on any atom is 0.258 e. The van der Waals surface area contributed by atoms with Gasteiger partial charge in [0.05, 0.1) is 0 Å². The summed E-state index contributed by atoms with van der Waals surface area (Å²) in [5, 5.41) is 2.90. The molecule has 3 aromatic rings. The number of hydrogen-bond acceptors (Lipinski definition) is 4. The molecular weight excluding hydrogens is 335 g/mol. The summed E-state index contributed by atoms with van der Waals surface area (Å²) in [7, 11) is 0. The van der Waals surface area contributed by atoms with Crippen LogP contribution >= 0.6 is 0 Å². The molecule has 136 valence electrons. The smallest absolute Gasteiger partial charge is 0.258 e. The second-order valence-electron chi connectivity index (χ2n) is 6.52. The van der Waals surface area contributed by atoms with Crippen LogP contribution in [0.15, 0.2) is 52.9 Å². The van der Waals surface area contributed by atoms with Crippen molar-refractivity contribution in [2.24, 2.45) is 5.92 Å². The van der Waals surface area contributed by atoms with Gasteiger partial charge in [-0.1, -0.05) is 32.0 Å². The fourth-order valence-electron chi connectivity index (χ4n) is 2.67. The number of para-hydroxylation sites is 2. The van der Waals surface area contributed by atoms with Crippen molar-refractivity contribution in [1.29, 1.82) is 0 Å². The number of fused-ring (bicyclic) bond motifs is 1. The Kier molecular flexibility index (Phi) is 5.51. The van der Waals surface area contributed by atoms with Gasteiger partial charge in [-0.2, -0.15) is 0 Å². The number of ether oxygens (including phenoxy) is 1. The highest BCUT2D eigenvalue weighted by Gasteiger charge is 2.22. The quantitative estimate of drug-likeness (QED) is 0.687. The van der Waals surface area contributed by atoms with Gasteiger partial charge in [0.2, 0.25) is 5.89 Å². The number of oxazole rings is 1. The van der Waals surface area contributed by atoms with E-state index in [-0.39, 0.29) is 18.6 Å². The lowest BCUT2D eigenvalue weighted by Crippen LogP contribution is -2.33. The van der Waals surface area contributed by atoms with Crippen LogP contribution in [-0.4, -0.2) is 17.5 Å². The average molecular weight is 356 g/mol. The van der Waals surface area contributed by atoms with Crippen molar-refractivity contribution in [3.05, 3.63) is 60.2 Å². The highest BCUT2D eigenvalue weighted by molar-refractivity contribution is 5.78. The third kappa shape index (κ3) is 4.59. The van der Waals surface area contributed by atoms with E-state index >= 15 is 0 Å². The molecule has 0 aliphatic carbocycles. The Morgan fingerprint density at radius 3 is 2.77 bits per heavy atom. The Hall–Kier alpha value is -2.89. The molecular formula is C20H21FN2O3. The molecule has 1 atom stereocenters. The number of carbonyl (C=O) groups is 1. The zero-order valence-corrected chi connectivity index (χ0v) is 14.7. The van der Waals surface area contributed by atoms with Gasteiger partial charge in [0, 0.05) is 6.07 Å². The summed E-state index contributed by atoms with van der Waals surface area (Å²) in [6.07, 6.45) is 0.679. The highest BCUT2D eigenvalue weighted by atomic mass is 19.1. The number of halogens is 1. The number of hydrogen-bond donors (Lipinski definition) is 1. The lowest BCUT2D eigenvalue weighted by Gasteiger charge is -2.17. The van der Waals surface area contributed by atoms with Crippen LogP contribution < -0.4 is 10.1 Å². The zero-order chi connectivity index (χ0) is 18.5. The van der Waals surface area contributed by atoms with Crippen LogP contribution in [0.2, 0.25) is 0 Å². The number of benzene rings is 2. The minimum Gasteiger partial charge on any atom is -0.484 e. The Balaban J connectivity index is 1.68. The van der Waals surface area contributed by atoms with Crippen molar-refractivity contribution in [2.75, 3.05) is 6.61 Å². The van der Waals surface area contributed by atoms with Gasteiger partial charge in [0.25, 0.3) is 5.91 Å². The molecule has 0 aliphatic heterocycles. The van der Waals surface area contributed by atoms with Crippen molar-refractivity contribution in [1.82, 2.24) is 10.3 Å². The molecule has 0 fully saturated rings. The van der Waals surface area contributed by atoms with E-state index in [1.807, 2.05) is 24.3 Å². The summed E-state index contributed by atoms with van der Waals surface area (Å²) < 4.78 is 24.3. The van der Waals surface area contributed by atoms with E-state index in [0.29, 0.717) is 29.6 Å². The lowest BCUT2D eigenvalue weighted by molar-refractivity contribution is -0.124. The van der Waals surface area contributed by atoms with E-state index in [1.165, 1.54) is 18.2 Å². The van der Waals surface area contributed by atoms with Gasteiger partial charge < -0.3 is 14.5 Å². The molecule has 0 bridgehead atoms. The molecule has 0 radical (unpaired) electrons. The predicted octanol–water partition coefficient (Wildman–Crippen LogP) is 4.25. The average Bonchev–Trinajstić information content (AvgIpc) is 3.03. The number of rotatable bonds is 7. The summed E-state index contributed by atoms with van der Waals surface area (Å²) in [4.78, 5) is 16.8. The fraction of sp³-hybridized carbons (Fsp3) is 0.300. The number of carbonyl (C=O) groups excluding carboxylic acids is 1. The van der Waals surface area contributed by atoms with Crippen molar-refractivity contribution < 1.29 is 18.3 Å². The summed E-state index contributed by atoms with van der Waals surface area (Å²) in [5.41, 5.74) is 1.43. The number of amides is 1. The number of nitrogens with zero attached hydrogens (tertiary/aromatic N) is 1. The van der Waals surface area contributed by atoms with E-state index in [4.69, 9.17) is 9.15 Å². The van der Waals surface area contributed by atoms with E-state index in [9.17, 15) is 9.18 Å². The topological polar surface area (TPSA) is 64.4 Å². The van der Waals surface area contributed by atoms with E-state index < -0.39 is 5.82 Å². The maximum atomic E-state index is 13.2. The van der Waals surface area contributed by atoms with Crippen LogP contribution in [0.4, 0.5) is 4.39 Å². The standard InChI is InChI=1S/C20H21FN2O3/c1-13(2)10-17(20-23-16-8-3-4-9-18(16)26-20)22-19(24)12-25-15-7-5-6-14(21)11-15/h3-9,11,13,17H,10,12H2,1-2H3,(H,22,24)/t17-/m1/s1. The minimum absolute atomic E-state index is 0.210. The molecule has 1 amide bonds. The van der Waals surface area contributed by atoms with Crippen molar-refractivity contribution >= 4 is 17.0 Å². The molecule has 6 heteroatoms. The van der Waals surface area contributed by atoms with Crippen molar-refractivity contribution in [2.45, 2.75) is 26.3 Å². The molecule has 2 aromatic carbocycles. The van der Waals surface area contributed by atoms with Crippen molar-refractivity contribution in [3.63, 3.8) is 0 Å². The lowest BCUT2D eigenvalue weighted by atomic mass is 10.0. The molecule has 3 rings (SSSR count). The first-order valence-corrected chi connectivity index (χ1v) is 8.54. The van der Waals surface area contributed by atoms with Crippen LogP contribution in [-0.2, 0) is 4.79 Å². The SMILES string of the molecule is CC(C)C[C@@H](NC(=O)COc1cccc(F)c1)c1nc2ccccc2o1. The van der Waals surface area contributed by atoms with Crippen LogP contribution in [0.25, 0.3) is 11.1 Å². The monoisotopic (exact) mass is 356 g/mol. The van der Waals surface area contributed by atoms with Gasteiger partial charge in [0.1, 0.15) is 23.1 Å². The first kappa shape index (κ1) is 17.9. The van der Waals surface area contributed by atoms with E-state index in [0.717, 1.165) is 5.52 Å². The molecule has 5 nitrogen and oxygen atoms in total.